The van der Waals surface area contributed by atoms with Gasteiger partial charge in [-0.25, -0.2) is 4.98 Å². The number of para-hydroxylation sites is 1. The average Bonchev–Trinajstić information content (AvgIpc) is 3.70. The van der Waals surface area contributed by atoms with Crippen molar-refractivity contribution >= 4 is 28.3 Å². The summed E-state index contributed by atoms with van der Waals surface area (Å²) in [5, 5.41) is 4.44. The first kappa shape index (κ1) is 23.5. The first-order valence-corrected chi connectivity index (χ1v) is 13.1. The van der Waals surface area contributed by atoms with E-state index in [0.717, 1.165) is 67.0 Å². The predicted octanol–water partition coefficient (Wildman–Crippen LogP) is 5.08. The van der Waals surface area contributed by atoms with Crippen LogP contribution in [0.2, 0.25) is 0 Å². The molecular weight excluding hydrogens is 464 g/mol. The number of aromatic amines is 1. The number of anilines is 2. The second-order valence-electron chi connectivity index (χ2n) is 9.90. The number of fused-ring (bicyclic) bond motifs is 1. The summed E-state index contributed by atoms with van der Waals surface area (Å²) in [5.74, 6) is 1.27. The molecule has 37 heavy (non-hydrogen) atoms. The molecule has 2 N–H and O–H groups in total. The zero-order valence-corrected chi connectivity index (χ0v) is 21.1. The number of hydrogen-bond acceptors (Lipinski definition) is 6. The fourth-order valence-corrected chi connectivity index (χ4v) is 5.55. The number of nitrogens with one attached hydrogen (secondary N) is 2. The molecule has 2 aromatic carbocycles. The molecule has 0 unspecified atom stereocenters. The first-order chi connectivity index (χ1) is 18.2. The quantitative estimate of drug-likeness (QED) is 0.371. The van der Waals surface area contributed by atoms with Crippen LogP contribution in [0.15, 0.2) is 60.9 Å². The van der Waals surface area contributed by atoms with Gasteiger partial charge in [-0.2, -0.15) is 0 Å². The van der Waals surface area contributed by atoms with Crippen molar-refractivity contribution in [1.82, 2.24) is 24.8 Å². The maximum absolute atomic E-state index is 13.4. The van der Waals surface area contributed by atoms with E-state index in [1.165, 1.54) is 12.8 Å². The van der Waals surface area contributed by atoms with Crippen LogP contribution in [0, 0.1) is 0 Å². The Morgan fingerprint density at radius 2 is 1.95 bits per heavy atom. The van der Waals surface area contributed by atoms with Gasteiger partial charge in [0.25, 0.3) is 5.91 Å². The summed E-state index contributed by atoms with van der Waals surface area (Å²) >= 11 is 0. The van der Waals surface area contributed by atoms with E-state index in [0.29, 0.717) is 17.1 Å². The van der Waals surface area contributed by atoms with Crippen molar-refractivity contribution in [1.29, 1.82) is 0 Å². The van der Waals surface area contributed by atoms with Crippen LogP contribution < -0.4 is 10.1 Å². The Bertz CT molecular complexity index is 1380. The number of carbonyl (C=O) groups is 1. The molecule has 6 rings (SSSR count). The van der Waals surface area contributed by atoms with Gasteiger partial charge < -0.3 is 24.8 Å². The summed E-state index contributed by atoms with van der Waals surface area (Å²) in [5.41, 5.74) is 4.08. The van der Waals surface area contributed by atoms with Crippen LogP contribution in [-0.4, -0.2) is 70.0 Å². The standard InChI is InChI=1S/C29H32N6O2/c1-37-27-16-21(29(36)35-14-6-8-22(35)19-34-12-4-5-13-34)10-11-24(27)32-28-18-30-17-26(33-28)25-15-20-7-2-3-9-23(20)31-25/h2-3,7,9-11,15-18,22,31H,4-6,8,12-14,19H2,1H3,(H,32,33)/t22-/m0/s1. The summed E-state index contributed by atoms with van der Waals surface area (Å²) in [6.45, 7) is 4.10. The van der Waals surface area contributed by atoms with Gasteiger partial charge in [0.05, 0.1) is 30.9 Å². The maximum Gasteiger partial charge on any atom is 0.254 e. The molecule has 0 spiro atoms. The molecule has 0 radical (unpaired) electrons. The number of aromatic nitrogens is 3. The van der Waals surface area contributed by atoms with Gasteiger partial charge in [0.15, 0.2) is 0 Å². The normalized spacial score (nSPS) is 18.0. The summed E-state index contributed by atoms with van der Waals surface area (Å²) in [6.07, 6.45) is 8.08. The number of likely N-dealkylation sites (tertiary alicyclic amines) is 2. The van der Waals surface area contributed by atoms with E-state index in [1.807, 2.05) is 36.4 Å². The molecule has 4 aromatic rings. The van der Waals surface area contributed by atoms with Crippen LogP contribution in [0.4, 0.5) is 11.5 Å². The second kappa shape index (κ2) is 10.2. The van der Waals surface area contributed by atoms with Gasteiger partial charge in [-0.05, 0) is 69.1 Å². The SMILES string of the molecule is COc1cc(C(=O)N2CCC[C@H]2CN2CCCC2)ccc1Nc1cncc(-c2cc3ccccc3[nH]2)n1. The molecule has 2 saturated heterocycles. The Balaban J connectivity index is 1.19. The Morgan fingerprint density at radius 3 is 2.78 bits per heavy atom. The molecule has 2 aliphatic heterocycles. The van der Waals surface area contributed by atoms with Crippen LogP contribution >= 0.6 is 0 Å². The largest absolute Gasteiger partial charge is 0.495 e. The lowest BCUT2D eigenvalue weighted by Gasteiger charge is -2.28. The highest BCUT2D eigenvalue weighted by Crippen LogP contribution is 2.31. The molecule has 1 atom stereocenters. The van der Waals surface area contributed by atoms with Crippen molar-refractivity contribution in [3.8, 4) is 17.1 Å². The number of H-pyrrole nitrogens is 1. The van der Waals surface area contributed by atoms with Gasteiger partial charge in [-0.3, -0.25) is 9.78 Å². The smallest absolute Gasteiger partial charge is 0.254 e. The van der Waals surface area contributed by atoms with E-state index in [2.05, 4.69) is 37.2 Å². The Labute approximate surface area is 216 Å². The fourth-order valence-electron chi connectivity index (χ4n) is 5.55. The predicted molar refractivity (Wildman–Crippen MR) is 145 cm³/mol. The summed E-state index contributed by atoms with van der Waals surface area (Å²) in [4.78, 5) is 30.5. The summed E-state index contributed by atoms with van der Waals surface area (Å²) in [6, 6.07) is 16.1. The monoisotopic (exact) mass is 496 g/mol. The highest BCUT2D eigenvalue weighted by molar-refractivity contribution is 5.96. The molecule has 8 heteroatoms. The molecule has 0 saturated carbocycles. The molecule has 2 fully saturated rings. The third kappa shape index (κ3) is 4.89. The molecule has 0 aliphatic carbocycles. The van der Waals surface area contributed by atoms with E-state index >= 15 is 0 Å². The van der Waals surface area contributed by atoms with E-state index in [4.69, 9.17) is 9.72 Å². The molecule has 190 valence electrons. The molecule has 2 aromatic heterocycles. The van der Waals surface area contributed by atoms with Gasteiger partial charge in [0, 0.05) is 35.6 Å². The van der Waals surface area contributed by atoms with Crippen LogP contribution in [0.25, 0.3) is 22.3 Å². The molecule has 1 amide bonds. The molecular formula is C29H32N6O2. The van der Waals surface area contributed by atoms with Crippen molar-refractivity contribution in [3.05, 3.63) is 66.5 Å². The van der Waals surface area contributed by atoms with Crippen LogP contribution in [0.3, 0.4) is 0 Å². The van der Waals surface area contributed by atoms with Gasteiger partial charge in [-0.1, -0.05) is 18.2 Å². The second-order valence-corrected chi connectivity index (χ2v) is 9.90. The average molecular weight is 497 g/mol. The number of methoxy groups -OCH3 is 1. The van der Waals surface area contributed by atoms with Gasteiger partial charge in [-0.15, -0.1) is 0 Å². The molecule has 8 nitrogen and oxygen atoms in total. The summed E-state index contributed by atoms with van der Waals surface area (Å²) in [7, 11) is 1.62. The van der Waals surface area contributed by atoms with E-state index < -0.39 is 0 Å². The van der Waals surface area contributed by atoms with Crippen molar-refractivity contribution in [3.63, 3.8) is 0 Å². The molecule has 0 bridgehead atoms. The number of hydrogen-bond donors (Lipinski definition) is 2. The zero-order valence-electron chi connectivity index (χ0n) is 21.1. The molecule has 4 heterocycles. The zero-order chi connectivity index (χ0) is 25.2. The van der Waals surface area contributed by atoms with Crippen LogP contribution in [-0.2, 0) is 0 Å². The number of amides is 1. The van der Waals surface area contributed by atoms with Crippen LogP contribution in [0.5, 0.6) is 5.75 Å². The third-order valence-corrected chi connectivity index (χ3v) is 7.46. The van der Waals surface area contributed by atoms with E-state index in [-0.39, 0.29) is 11.9 Å². The lowest BCUT2D eigenvalue weighted by atomic mass is 10.1. The van der Waals surface area contributed by atoms with Crippen molar-refractivity contribution in [2.75, 3.05) is 38.6 Å². The van der Waals surface area contributed by atoms with Crippen LogP contribution in [0.1, 0.15) is 36.0 Å². The number of nitrogens with zero attached hydrogens (tertiary/aromatic N) is 4. The van der Waals surface area contributed by atoms with Crippen molar-refractivity contribution in [2.24, 2.45) is 0 Å². The topological polar surface area (TPSA) is 86.4 Å². The number of benzene rings is 2. The number of rotatable bonds is 7. The fraction of sp³-hybridized carbons (Fsp3) is 0.345. The minimum absolute atomic E-state index is 0.0761. The highest BCUT2D eigenvalue weighted by Gasteiger charge is 2.31. The minimum Gasteiger partial charge on any atom is -0.495 e. The van der Waals surface area contributed by atoms with Gasteiger partial charge in [0.2, 0.25) is 0 Å². The van der Waals surface area contributed by atoms with E-state index in [9.17, 15) is 4.79 Å². The minimum atomic E-state index is 0.0761. The third-order valence-electron chi connectivity index (χ3n) is 7.46. The summed E-state index contributed by atoms with van der Waals surface area (Å²) < 4.78 is 5.66. The van der Waals surface area contributed by atoms with Gasteiger partial charge >= 0.3 is 0 Å². The maximum atomic E-state index is 13.4. The lowest BCUT2D eigenvalue weighted by Crippen LogP contribution is -2.42. The highest BCUT2D eigenvalue weighted by atomic mass is 16.5. The number of ether oxygens (including phenoxy) is 1. The van der Waals surface area contributed by atoms with Crippen molar-refractivity contribution in [2.45, 2.75) is 31.7 Å². The van der Waals surface area contributed by atoms with Gasteiger partial charge in [0.1, 0.15) is 17.3 Å². The Kier molecular flexibility index (Phi) is 6.49. The Hall–Kier alpha value is -3.91. The molecule has 2 aliphatic rings. The number of carbonyl (C=O) groups excluding carboxylic acids is 1. The van der Waals surface area contributed by atoms with E-state index in [1.54, 1.807) is 19.5 Å². The lowest BCUT2D eigenvalue weighted by molar-refractivity contribution is 0.0708. The first-order valence-electron chi connectivity index (χ1n) is 13.1. The van der Waals surface area contributed by atoms with Crippen molar-refractivity contribution < 1.29 is 9.53 Å². The Morgan fingerprint density at radius 1 is 1.08 bits per heavy atom.